The van der Waals surface area contributed by atoms with Crippen LogP contribution in [0.5, 0.6) is 0 Å². The lowest BCUT2D eigenvalue weighted by Gasteiger charge is -2.20. The topological polar surface area (TPSA) is 57.2 Å². The predicted octanol–water partition coefficient (Wildman–Crippen LogP) is 2.38. The minimum atomic E-state index is 0.558. The first-order valence-electron chi connectivity index (χ1n) is 6.57. The molecule has 0 saturated carbocycles. The Kier molecular flexibility index (Phi) is 4.95. The number of halogens is 1. The van der Waals surface area contributed by atoms with E-state index in [9.17, 15) is 0 Å². The monoisotopic (exact) mass is 350 g/mol. The second kappa shape index (κ2) is 6.71. The molecule has 0 aliphatic rings. The Morgan fingerprint density at radius 1 is 1.05 bits per heavy atom. The lowest BCUT2D eigenvalue weighted by atomic mass is 10.2. The van der Waals surface area contributed by atoms with Gasteiger partial charge in [0.1, 0.15) is 0 Å². The molecule has 0 aliphatic carbocycles. The lowest BCUT2D eigenvalue weighted by molar-refractivity contribution is 0.842. The van der Waals surface area contributed by atoms with Gasteiger partial charge in [-0.3, -0.25) is 0 Å². The van der Waals surface area contributed by atoms with Crippen molar-refractivity contribution in [1.82, 2.24) is 15.0 Å². The molecule has 1 aromatic heterocycles. The Hall–Kier alpha value is -1.89. The maximum atomic E-state index is 4.48. The number of nitrogens with zero attached hydrogens (tertiary/aromatic N) is 5. The van der Waals surface area contributed by atoms with Gasteiger partial charge in [0.15, 0.2) is 0 Å². The summed E-state index contributed by atoms with van der Waals surface area (Å²) in [6.07, 6.45) is 0. The van der Waals surface area contributed by atoms with E-state index in [1.54, 1.807) is 7.05 Å². The third kappa shape index (κ3) is 3.81. The van der Waals surface area contributed by atoms with Gasteiger partial charge in [-0.15, -0.1) is 0 Å². The molecular formula is C14H19BrN6. The Morgan fingerprint density at radius 2 is 1.71 bits per heavy atom. The van der Waals surface area contributed by atoms with Gasteiger partial charge in [-0.05, 0) is 11.6 Å². The Bertz CT molecular complexity index is 616. The molecule has 0 bridgehead atoms. The highest BCUT2D eigenvalue weighted by Gasteiger charge is 2.12. The van der Waals surface area contributed by atoms with Gasteiger partial charge in [0.25, 0.3) is 0 Å². The molecule has 0 saturated heterocycles. The van der Waals surface area contributed by atoms with Crippen LogP contribution in [0.4, 0.5) is 17.8 Å². The smallest absolute Gasteiger partial charge is 0.232 e. The lowest BCUT2D eigenvalue weighted by Crippen LogP contribution is -2.22. The average molecular weight is 351 g/mol. The van der Waals surface area contributed by atoms with Gasteiger partial charge in [0, 0.05) is 39.2 Å². The van der Waals surface area contributed by atoms with Crippen molar-refractivity contribution < 1.29 is 0 Å². The van der Waals surface area contributed by atoms with Gasteiger partial charge < -0.3 is 15.1 Å². The van der Waals surface area contributed by atoms with E-state index in [0.29, 0.717) is 24.4 Å². The SMILES string of the molecule is CNc1nc(N(C)C)nc(N(C)Cc2ccccc2Br)n1. The molecule has 0 fully saturated rings. The van der Waals surface area contributed by atoms with Gasteiger partial charge in [-0.25, -0.2) is 0 Å². The number of hydrogen-bond donors (Lipinski definition) is 1. The summed E-state index contributed by atoms with van der Waals surface area (Å²) in [6.45, 7) is 0.710. The van der Waals surface area contributed by atoms with Crippen molar-refractivity contribution in [1.29, 1.82) is 0 Å². The first kappa shape index (κ1) is 15.5. The van der Waals surface area contributed by atoms with E-state index in [0.717, 1.165) is 4.47 Å². The van der Waals surface area contributed by atoms with Crippen LogP contribution in [-0.2, 0) is 6.54 Å². The Labute approximate surface area is 133 Å². The first-order chi connectivity index (χ1) is 10.0. The van der Waals surface area contributed by atoms with Crippen molar-refractivity contribution in [2.24, 2.45) is 0 Å². The summed E-state index contributed by atoms with van der Waals surface area (Å²) in [6, 6.07) is 8.12. The van der Waals surface area contributed by atoms with Gasteiger partial charge >= 0.3 is 0 Å². The molecule has 0 atom stereocenters. The molecule has 0 amide bonds. The third-order valence-corrected chi connectivity index (χ3v) is 3.72. The van der Waals surface area contributed by atoms with Crippen LogP contribution in [-0.4, -0.2) is 43.1 Å². The average Bonchev–Trinajstić information content (AvgIpc) is 2.49. The summed E-state index contributed by atoms with van der Waals surface area (Å²) in [7, 11) is 7.58. The van der Waals surface area contributed by atoms with E-state index >= 15 is 0 Å². The number of benzene rings is 1. The molecule has 0 spiro atoms. The van der Waals surface area contributed by atoms with E-state index in [-0.39, 0.29) is 0 Å². The van der Waals surface area contributed by atoms with E-state index < -0.39 is 0 Å². The fraction of sp³-hybridized carbons (Fsp3) is 0.357. The molecule has 2 aromatic rings. The molecule has 2 rings (SSSR count). The summed E-state index contributed by atoms with van der Waals surface area (Å²) >= 11 is 3.56. The fourth-order valence-electron chi connectivity index (χ4n) is 1.79. The van der Waals surface area contributed by atoms with Gasteiger partial charge in [-0.1, -0.05) is 34.1 Å². The van der Waals surface area contributed by atoms with Crippen LogP contribution in [0.1, 0.15) is 5.56 Å². The van der Waals surface area contributed by atoms with Crippen LogP contribution in [0.25, 0.3) is 0 Å². The zero-order valence-corrected chi connectivity index (χ0v) is 14.2. The molecule has 0 aliphatic heterocycles. The van der Waals surface area contributed by atoms with Crippen LogP contribution in [0.2, 0.25) is 0 Å². The Morgan fingerprint density at radius 3 is 2.33 bits per heavy atom. The highest BCUT2D eigenvalue weighted by molar-refractivity contribution is 9.10. The van der Waals surface area contributed by atoms with E-state index in [2.05, 4.69) is 42.3 Å². The molecule has 21 heavy (non-hydrogen) atoms. The quantitative estimate of drug-likeness (QED) is 0.893. The number of rotatable bonds is 5. The number of aromatic nitrogens is 3. The van der Waals surface area contributed by atoms with Crippen LogP contribution in [0.15, 0.2) is 28.7 Å². The molecule has 1 heterocycles. The van der Waals surface area contributed by atoms with E-state index in [1.165, 1.54) is 5.56 Å². The predicted molar refractivity (Wildman–Crippen MR) is 89.9 cm³/mol. The standard InChI is InChI=1S/C14H19BrN6/c1-16-12-17-13(20(2)3)19-14(18-12)21(4)9-10-7-5-6-8-11(10)15/h5-8H,9H2,1-4H3,(H,16,17,18,19). The molecular weight excluding hydrogens is 332 g/mol. The number of nitrogens with one attached hydrogen (secondary N) is 1. The molecule has 0 unspecified atom stereocenters. The van der Waals surface area contributed by atoms with Crippen molar-refractivity contribution in [3.8, 4) is 0 Å². The molecule has 112 valence electrons. The van der Waals surface area contributed by atoms with Gasteiger partial charge in [-0.2, -0.15) is 15.0 Å². The summed E-state index contributed by atoms with van der Waals surface area (Å²) in [5, 5.41) is 2.97. The minimum Gasteiger partial charge on any atom is -0.357 e. The van der Waals surface area contributed by atoms with Crippen LogP contribution in [0, 0.1) is 0 Å². The first-order valence-corrected chi connectivity index (χ1v) is 7.36. The van der Waals surface area contributed by atoms with Crippen LogP contribution < -0.4 is 15.1 Å². The molecule has 7 heteroatoms. The van der Waals surface area contributed by atoms with Crippen molar-refractivity contribution in [3.05, 3.63) is 34.3 Å². The second-order valence-electron chi connectivity index (χ2n) is 4.85. The van der Waals surface area contributed by atoms with Crippen molar-refractivity contribution in [3.63, 3.8) is 0 Å². The van der Waals surface area contributed by atoms with Gasteiger partial charge in [0.2, 0.25) is 17.8 Å². The van der Waals surface area contributed by atoms with Crippen molar-refractivity contribution in [2.45, 2.75) is 6.54 Å². The Balaban J connectivity index is 2.28. The van der Waals surface area contributed by atoms with E-state index in [4.69, 9.17) is 0 Å². The van der Waals surface area contributed by atoms with E-state index in [1.807, 2.05) is 49.1 Å². The third-order valence-electron chi connectivity index (χ3n) is 2.94. The van der Waals surface area contributed by atoms with Gasteiger partial charge in [0.05, 0.1) is 0 Å². The largest absolute Gasteiger partial charge is 0.357 e. The molecule has 6 nitrogen and oxygen atoms in total. The summed E-state index contributed by atoms with van der Waals surface area (Å²) in [4.78, 5) is 17.1. The number of hydrogen-bond acceptors (Lipinski definition) is 6. The zero-order valence-electron chi connectivity index (χ0n) is 12.6. The van der Waals surface area contributed by atoms with Crippen LogP contribution >= 0.6 is 15.9 Å². The molecule has 1 N–H and O–H groups in total. The summed E-state index contributed by atoms with van der Waals surface area (Å²) < 4.78 is 1.08. The number of anilines is 3. The summed E-state index contributed by atoms with van der Waals surface area (Å²) in [5.41, 5.74) is 1.18. The normalized spacial score (nSPS) is 10.3. The minimum absolute atomic E-state index is 0.558. The maximum Gasteiger partial charge on any atom is 0.232 e. The zero-order chi connectivity index (χ0) is 15.4. The van der Waals surface area contributed by atoms with Crippen LogP contribution in [0.3, 0.4) is 0 Å². The second-order valence-corrected chi connectivity index (χ2v) is 5.71. The highest BCUT2D eigenvalue weighted by Crippen LogP contribution is 2.20. The molecule has 0 radical (unpaired) electrons. The van der Waals surface area contributed by atoms with Crippen molar-refractivity contribution in [2.75, 3.05) is 43.3 Å². The fourth-order valence-corrected chi connectivity index (χ4v) is 2.20. The van der Waals surface area contributed by atoms with Crippen molar-refractivity contribution >= 4 is 33.8 Å². The molecule has 1 aromatic carbocycles. The highest BCUT2D eigenvalue weighted by atomic mass is 79.9. The summed E-state index contributed by atoms with van der Waals surface area (Å²) in [5.74, 6) is 1.82. The maximum absolute atomic E-state index is 4.48.